The number of hydrogen-bond acceptors (Lipinski definition) is 7. The summed E-state index contributed by atoms with van der Waals surface area (Å²) in [5.74, 6) is -2.04. The molecule has 4 aliphatic rings. The summed E-state index contributed by atoms with van der Waals surface area (Å²) in [5, 5.41) is 0. The number of rotatable bonds is 1. The van der Waals surface area contributed by atoms with Gasteiger partial charge >= 0.3 is 5.97 Å². The summed E-state index contributed by atoms with van der Waals surface area (Å²) in [6.07, 6.45) is 5.45. The molecule has 0 aromatic carbocycles. The van der Waals surface area contributed by atoms with Crippen LogP contribution in [0.4, 0.5) is 0 Å². The minimum absolute atomic E-state index is 0.0309. The predicted molar refractivity (Wildman–Crippen MR) is 107 cm³/mol. The molecule has 2 aliphatic carbocycles. The number of carbonyl (C=O) groups is 2. The lowest BCUT2D eigenvalue weighted by Crippen LogP contribution is -2.51. The molecule has 2 bridgehead atoms. The van der Waals surface area contributed by atoms with Gasteiger partial charge in [0.2, 0.25) is 0 Å². The van der Waals surface area contributed by atoms with Gasteiger partial charge in [-0.15, -0.1) is 0 Å². The van der Waals surface area contributed by atoms with Crippen molar-refractivity contribution in [2.45, 2.75) is 76.8 Å². The summed E-state index contributed by atoms with van der Waals surface area (Å²) < 4.78 is 29.3. The first-order valence-electron chi connectivity index (χ1n) is 11.5. The summed E-state index contributed by atoms with van der Waals surface area (Å²) in [6.45, 7) is 6.86. The number of ketones is 1. The quantitative estimate of drug-likeness (QED) is 0.472. The maximum atomic E-state index is 13.3. The van der Waals surface area contributed by atoms with E-state index >= 15 is 0 Å². The Labute approximate surface area is 179 Å². The number of ether oxygens (including phenoxy) is 5. The zero-order valence-electron chi connectivity index (χ0n) is 18.6. The molecule has 3 atom stereocenters. The van der Waals surface area contributed by atoms with Gasteiger partial charge in [-0.1, -0.05) is 13.8 Å². The minimum atomic E-state index is -0.731. The second-order valence-corrected chi connectivity index (χ2v) is 10.0. The van der Waals surface area contributed by atoms with Crippen LogP contribution in [0.2, 0.25) is 0 Å². The van der Waals surface area contributed by atoms with Crippen LogP contribution in [0.1, 0.15) is 65.2 Å². The van der Waals surface area contributed by atoms with Gasteiger partial charge in [0.1, 0.15) is 11.7 Å². The molecular weight excluding hydrogens is 388 g/mol. The molecule has 0 aromatic rings. The SMILES string of the molecule is COC(=O)C1CCCC2(CC[C@H]3CC4(C[C@H](CC1=O)C3(C)C)OCCO4)OCCO2. The second kappa shape index (κ2) is 8.49. The summed E-state index contributed by atoms with van der Waals surface area (Å²) in [6, 6.07) is 0. The standard InChI is InChI=1S/C23H36O7/c1-21(2)16-6-8-22(27-9-10-28-22)7-4-5-18(20(25)26-3)19(24)13-17(21)15-23(14-16)29-11-12-30-23/h16-18H,4-15H2,1-3H3/t16-,17-,18?/m0/s1. The molecule has 0 N–H and O–H groups in total. The van der Waals surface area contributed by atoms with Crippen LogP contribution in [0.5, 0.6) is 0 Å². The van der Waals surface area contributed by atoms with E-state index in [1.54, 1.807) is 0 Å². The Morgan fingerprint density at radius 1 is 0.900 bits per heavy atom. The fraction of sp³-hybridized carbons (Fsp3) is 0.913. The van der Waals surface area contributed by atoms with Gasteiger partial charge in [-0.3, -0.25) is 9.59 Å². The van der Waals surface area contributed by atoms with E-state index in [0.717, 1.165) is 19.3 Å². The van der Waals surface area contributed by atoms with E-state index in [4.69, 9.17) is 23.7 Å². The molecule has 0 aromatic heterocycles. The van der Waals surface area contributed by atoms with E-state index in [0.29, 0.717) is 64.4 Å². The Balaban J connectivity index is 1.66. The van der Waals surface area contributed by atoms with Crippen LogP contribution in [0.3, 0.4) is 0 Å². The molecular formula is C23H36O7. The summed E-state index contributed by atoms with van der Waals surface area (Å²) in [7, 11) is 1.35. The third kappa shape index (κ3) is 4.18. The number of fused-ring (bicyclic) bond motifs is 2. The molecule has 2 saturated heterocycles. The topological polar surface area (TPSA) is 80.3 Å². The van der Waals surface area contributed by atoms with Gasteiger partial charge in [-0.25, -0.2) is 0 Å². The molecule has 0 radical (unpaired) electrons. The number of Topliss-reactive ketones (excluding diaryl/α,β-unsaturated/α-hetero) is 1. The van der Waals surface area contributed by atoms with E-state index in [9.17, 15) is 9.59 Å². The Morgan fingerprint density at radius 3 is 2.13 bits per heavy atom. The van der Waals surface area contributed by atoms with E-state index < -0.39 is 23.5 Å². The highest BCUT2D eigenvalue weighted by Gasteiger charge is 2.54. The van der Waals surface area contributed by atoms with Gasteiger partial charge in [0, 0.05) is 32.1 Å². The summed E-state index contributed by atoms with van der Waals surface area (Å²) in [4.78, 5) is 25.7. The van der Waals surface area contributed by atoms with E-state index in [1.165, 1.54) is 7.11 Å². The molecule has 2 saturated carbocycles. The Kier molecular flexibility index (Phi) is 6.28. The smallest absolute Gasteiger partial charge is 0.316 e. The Morgan fingerprint density at radius 2 is 1.50 bits per heavy atom. The van der Waals surface area contributed by atoms with Crippen LogP contribution in [-0.2, 0) is 33.3 Å². The van der Waals surface area contributed by atoms with Crippen molar-refractivity contribution in [3.8, 4) is 0 Å². The van der Waals surface area contributed by atoms with E-state index in [2.05, 4.69) is 13.8 Å². The molecule has 4 rings (SSSR count). The molecule has 7 nitrogen and oxygen atoms in total. The predicted octanol–water partition coefficient (Wildman–Crippen LogP) is 3.24. The van der Waals surface area contributed by atoms with Crippen molar-refractivity contribution in [3.63, 3.8) is 0 Å². The van der Waals surface area contributed by atoms with Gasteiger partial charge in [0.25, 0.3) is 0 Å². The first-order valence-corrected chi connectivity index (χ1v) is 11.5. The molecule has 2 aliphatic heterocycles. The summed E-state index contributed by atoms with van der Waals surface area (Å²) >= 11 is 0. The molecule has 170 valence electrons. The fourth-order valence-corrected chi connectivity index (χ4v) is 6.05. The van der Waals surface area contributed by atoms with Gasteiger partial charge in [0.15, 0.2) is 11.6 Å². The van der Waals surface area contributed by atoms with Crippen LogP contribution in [0.25, 0.3) is 0 Å². The maximum absolute atomic E-state index is 13.3. The third-order valence-corrected chi connectivity index (χ3v) is 8.09. The third-order valence-electron chi connectivity index (χ3n) is 8.09. The largest absolute Gasteiger partial charge is 0.468 e. The average Bonchev–Trinajstić information content (AvgIpc) is 3.36. The molecule has 2 heterocycles. The highest BCUT2D eigenvalue weighted by Crippen LogP contribution is 2.55. The lowest BCUT2D eigenvalue weighted by atomic mass is 9.57. The van der Waals surface area contributed by atoms with Crippen molar-refractivity contribution >= 4 is 11.8 Å². The highest BCUT2D eigenvalue weighted by atomic mass is 16.7. The van der Waals surface area contributed by atoms with Crippen LogP contribution < -0.4 is 0 Å². The number of hydrogen-bond donors (Lipinski definition) is 0. The van der Waals surface area contributed by atoms with Gasteiger partial charge in [-0.2, -0.15) is 0 Å². The van der Waals surface area contributed by atoms with Crippen LogP contribution >= 0.6 is 0 Å². The van der Waals surface area contributed by atoms with E-state index in [1.807, 2.05) is 0 Å². The van der Waals surface area contributed by atoms with Crippen molar-refractivity contribution in [1.82, 2.24) is 0 Å². The lowest BCUT2D eigenvalue weighted by Gasteiger charge is -2.52. The van der Waals surface area contributed by atoms with Crippen LogP contribution in [0.15, 0.2) is 0 Å². The number of methoxy groups -OCH3 is 1. The van der Waals surface area contributed by atoms with Gasteiger partial charge < -0.3 is 23.7 Å². The normalized spacial score (nSPS) is 35.7. The maximum Gasteiger partial charge on any atom is 0.316 e. The molecule has 7 heteroatoms. The van der Waals surface area contributed by atoms with Crippen LogP contribution in [0, 0.1) is 23.2 Å². The summed E-state index contributed by atoms with van der Waals surface area (Å²) in [5.41, 5.74) is -0.0874. The second-order valence-electron chi connectivity index (χ2n) is 10.0. The van der Waals surface area contributed by atoms with Crippen molar-refractivity contribution < 1.29 is 33.3 Å². The molecule has 4 fully saturated rings. The highest BCUT2D eigenvalue weighted by molar-refractivity contribution is 5.99. The van der Waals surface area contributed by atoms with Gasteiger partial charge in [0.05, 0.1) is 33.5 Å². The Hall–Kier alpha value is -1.02. The van der Waals surface area contributed by atoms with Crippen molar-refractivity contribution in [3.05, 3.63) is 0 Å². The molecule has 30 heavy (non-hydrogen) atoms. The van der Waals surface area contributed by atoms with Gasteiger partial charge in [-0.05, 0) is 36.5 Å². The van der Waals surface area contributed by atoms with E-state index in [-0.39, 0.29) is 17.1 Å². The average molecular weight is 425 g/mol. The van der Waals surface area contributed by atoms with Crippen LogP contribution in [-0.4, -0.2) is 56.9 Å². The minimum Gasteiger partial charge on any atom is -0.468 e. The first-order chi connectivity index (χ1) is 14.3. The monoisotopic (exact) mass is 424 g/mol. The molecule has 2 spiro atoms. The number of esters is 1. The van der Waals surface area contributed by atoms with Crippen molar-refractivity contribution in [2.24, 2.45) is 23.2 Å². The fourth-order valence-electron chi connectivity index (χ4n) is 6.05. The zero-order chi connectivity index (χ0) is 21.4. The molecule has 1 unspecified atom stereocenters. The lowest BCUT2D eigenvalue weighted by molar-refractivity contribution is -0.228. The number of carbonyl (C=O) groups excluding carboxylic acids is 2. The van der Waals surface area contributed by atoms with Crippen molar-refractivity contribution in [1.29, 1.82) is 0 Å². The molecule has 0 amide bonds. The first kappa shape index (κ1) is 22.2. The van der Waals surface area contributed by atoms with Crippen molar-refractivity contribution in [2.75, 3.05) is 33.5 Å². The zero-order valence-corrected chi connectivity index (χ0v) is 18.6. The Bertz CT molecular complexity index is 646.